The average Bonchev–Trinajstić information content (AvgIpc) is 1.67. The maximum Gasteiger partial charge on any atom is 0.343 e. The highest BCUT2D eigenvalue weighted by molar-refractivity contribution is 5.76. The number of carboxylic acids is 1. The van der Waals surface area contributed by atoms with Gasteiger partial charge in [-0.25, -0.2) is 9.18 Å². The van der Waals surface area contributed by atoms with Crippen molar-refractivity contribution in [1.82, 2.24) is 0 Å². The van der Waals surface area contributed by atoms with Crippen molar-refractivity contribution in [2.45, 2.75) is 12.6 Å². The summed E-state index contributed by atoms with van der Waals surface area (Å²) >= 11 is 0. The van der Waals surface area contributed by atoms with Crippen LogP contribution >= 0.6 is 0 Å². The molecule has 0 unspecified atom stereocenters. The minimum Gasteiger partial charge on any atom is -0.479 e. The Labute approximate surface area is 45.7 Å². The van der Waals surface area contributed by atoms with Crippen molar-refractivity contribution < 1.29 is 19.4 Å². The van der Waals surface area contributed by atoms with Crippen LogP contribution in [0.15, 0.2) is 0 Å². The van der Waals surface area contributed by atoms with Gasteiger partial charge >= 0.3 is 5.97 Å². The third-order valence-electron chi connectivity index (χ3n) is 0.743. The lowest BCUT2D eigenvalue weighted by Crippen LogP contribution is -2.33. The number of aliphatic carboxylic acids is 1. The van der Waals surface area contributed by atoms with Gasteiger partial charge in [0, 0.05) is 0 Å². The first-order chi connectivity index (χ1) is 3.50. The summed E-state index contributed by atoms with van der Waals surface area (Å²) in [6.45, 7) is -0.183. The molecule has 4 heteroatoms. The summed E-state index contributed by atoms with van der Waals surface area (Å²) in [5.41, 5.74) is -2.49. The number of alkyl halides is 1. The molecule has 0 aromatic heterocycles. The van der Waals surface area contributed by atoms with Crippen LogP contribution in [0.1, 0.15) is 6.92 Å². The van der Waals surface area contributed by atoms with Crippen molar-refractivity contribution in [3.63, 3.8) is 0 Å². The molecule has 0 heterocycles. The van der Waals surface area contributed by atoms with E-state index in [0.29, 0.717) is 0 Å². The number of carboxylic acid groups (broad SMARTS) is 1. The summed E-state index contributed by atoms with van der Waals surface area (Å²) in [7, 11) is 0. The number of aliphatic hydroxyl groups is 1. The molecule has 2 N–H and O–H groups in total. The summed E-state index contributed by atoms with van der Waals surface area (Å²) in [4.78, 5) is 9.72. The van der Waals surface area contributed by atoms with Gasteiger partial charge in [0.2, 0.25) is 5.67 Å². The van der Waals surface area contributed by atoms with Crippen LogP contribution in [0.2, 0.25) is 0 Å². The van der Waals surface area contributed by atoms with Crippen LogP contribution in [0.4, 0.5) is 4.39 Å². The number of hydrogen-bond donors (Lipinski definition) is 2. The second kappa shape index (κ2) is 2.09. The smallest absolute Gasteiger partial charge is 0.343 e. The number of aliphatic hydroxyl groups excluding tert-OH is 1. The summed E-state index contributed by atoms with van der Waals surface area (Å²) in [6, 6.07) is 0. The van der Waals surface area contributed by atoms with Gasteiger partial charge in [0.05, 0.1) is 6.61 Å². The Kier molecular flexibility index (Phi) is 1.92. The van der Waals surface area contributed by atoms with E-state index >= 15 is 0 Å². The van der Waals surface area contributed by atoms with E-state index in [1.165, 1.54) is 0 Å². The van der Waals surface area contributed by atoms with E-state index in [0.717, 1.165) is 6.92 Å². The Morgan fingerprint density at radius 2 is 2.25 bits per heavy atom. The van der Waals surface area contributed by atoms with E-state index in [9.17, 15) is 9.18 Å². The molecule has 0 radical (unpaired) electrons. The molecule has 8 heavy (non-hydrogen) atoms. The van der Waals surface area contributed by atoms with Crippen LogP contribution < -0.4 is 0 Å². The topological polar surface area (TPSA) is 57.5 Å². The standard InChI is InChI=1S/C4H7FO3/c1-4(5,2-6)3(7)8/h6H,2H2,1H3,(H,7,8)/t4-/m0/s1. The van der Waals surface area contributed by atoms with E-state index in [-0.39, 0.29) is 0 Å². The first-order valence-electron chi connectivity index (χ1n) is 2.04. The van der Waals surface area contributed by atoms with Crippen molar-refractivity contribution in [3.8, 4) is 0 Å². The van der Waals surface area contributed by atoms with Gasteiger partial charge in [-0.15, -0.1) is 0 Å². The van der Waals surface area contributed by atoms with Gasteiger partial charge in [-0.2, -0.15) is 0 Å². The van der Waals surface area contributed by atoms with Gasteiger partial charge in [0.15, 0.2) is 0 Å². The zero-order valence-electron chi connectivity index (χ0n) is 4.39. The second-order valence-corrected chi connectivity index (χ2v) is 1.66. The molecule has 0 bridgehead atoms. The van der Waals surface area contributed by atoms with Crippen molar-refractivity contribution in [2.75, 3.05) is 6.61 Å². The number of rotatable bonds is 2. The van der Waals surface area contributed by atoms with Gasteiger partial charge in [-0.05, 0) is 6.92 Å². The van der Waals surface area contributed by atoms with E-state index < -0.39 is 18.2 Å². The van der Waals surface area contributed by atoms with Crippen molar-refractivity contribution in [2.24, 2.45) is 0 Å². The molecule has 0 aromatic rings. The van der Waals surface area contributed by atoms with Crippen LogP contribution in [0.25, 0.3) is 0 Å². The molecular weight excluding hydrogens is 115 g/mol. The number of hydrogen-bond acceptors (Lipinski definition) is 2. The van der Waals surface area contributed by atoms with Crippen LogP contribution in [0.5, 0.6) is 0 Å². The molecule has 1 atom stereocenters. The first kappa shape index (κ1) is 7.36. The highest BCUT2D eigenvalue weighted by Crippen LogP contribution is 2.06. The van der Waals surface area contributed by atoms with Crippen molar-refractivity contribution in [1.29, 1.82) is 0 Å². The summed E-state index contributed by atoms with van der Waals surface area (Å²) in [6.07, 6.45) is 0. The van der Waals surface area contributed by atoms with Gasteiger partial charge in [0.1, 0.15) is 0 Å². The fraction of sp³-hybridized carbons (Fsp3) is 0.750. The zero-order chi connectivity index (χ0) is 6.78. The predicted octanol–water partition coefficient (Wildman–Crippen LogP) is -0.208. The molecule has 0 amide bonds. The van der Waals surface area contributed by atoms with Gasteiger partial charge < -0.3 is 10.2 Å². The Balaban J connectivity index is 3.91. The molecule has 0 aliphatic heterocycles. The van der Waals surface area contributed by atoms with E-state index in [1.54, 1.807) is 0 Å². The van der Waals surface area contributed by atoms with Crippen LogP contribution in [0.3, 0.4) is 0 Å². The normalized spacial score (nSPS) is 17.4. The average molecular weight is 122 g/mol. The molecule has 0 saturated heterocycles. The van der Waals surface area contributed by atoms with E-state index in [2.05, 4.69) is 0 Å². The largest absolute Gasteiger partial charge is 0.479 e. The highest BCUT2D eigenvalue weighted by Gasteiger charge is 2.31. The number of halogens is 1. The Bertz CT molecular complexity index is 99.5. The highest BCUT2D eigenvalue weighted by atomic mass is 19.1. The molecule has 0 rings (SSSR count). The Hall–Kier alpha value is -0.640. The Morgan fingerprint density at radius 3 is 2.25 bits per heavy atom. The zero-order valence-corrected chi connectivity index (χ0v) is 4.39. The first-order valence-corrected chi connectivity index (χ1v) is 2.04. The molecule has 0 aliphatic carbocycles. The third-order valence-corrected chi connectivity index (χ3v) is 0.743. The third kappa shape index (κ3) is 1.46. The molecule has 3 nitrogen and oxygen atoms in total. The Morgan fingerprint density at radius 1 is 1.88 bits per heavy atom. The quantitative estimate of drug-likeness (QED) is 0.532. The SMILES string of the molecule is C[C@](F)(CO)C(=O)O. The fourth-order valence-electron chi connectivity index (χ4n) is 0.0676. The molecule has 0 aliphatic rings. The summed E-state index contributed by atoms with van der Waals surface area (Å²) < 4.78 is 12.1. The lowest BCUT2D eigenvalue weighted by atomic mass is 10.1. The van der Waals surface area contributed by atoms with E-state index in [4.69, 9.17) is 10.2 Å². The molecule has 0 spiro atoms. The monoisotopic (exact) mass is 122 g/mol. The van der Waals surface area contributed by atoms with Crippen molar-refractivity contribution >= 4 is 5.97 Å². The van der Waals surface area contributed by atoms with E-state index in [1.807, 2.05) is 0 Å². The van der Waals surface area contributed by atoms with Crippen LogP contribution in [0, 0.1) is 0 Å². The van der Waals surface area contributed by atoms with Crippen LogP contribution in [-0.4, -0.2) is 28.5 Å². The molecule has 0 saturated carbocycles. The maximum atomic E-state index is 12.1. The van der Waals surface area contributed by atoms with Gasteiger partial charge in [-0.3, -0.25) is 0 Å². The molecule has 0 aromatic carbocycles. The van der Waals surface area contributed by atoms with Crippen LogP contribution in [-0.2, 0) is 4.79 Å². The predicted molar refractivity (Wildman–Crippen MR) is 24.2 cm³/mol. The molecule has 0 fully saturated rings. The minimum absolute atomic E-state index is 0.801. The van der Waals surface area contributed by atoms with Gasteiger partial charge in [0.25, 0.3) is 0 Å². The maximum absolute atomic E-state index is 12.1. The molecular formula is C4H7FO3. The lowest BCUT2D eigenvalue weighted by Gasteiger charge is -2.08. The summed E-state index contributed by atoms with van der Waals surface area (Å²) in [5, 5.41) is 15.9. The van der Waals surface area contributed by atoms with Crippen molar-refractivity contribution in [3.05, 3.63) is 0 Å². The number of carbonyl (C=O) groups is 1. The van der Waals surface area contributed by atoms with Gasteiger partial charge in [-0.1, -0.05) is 0 Å². The summed E-state index contributed by atoms with van der Waals surface area (Å²) in [5.74, 6) is -1.64. The molecule has 48 valence electrons. The minimum atomic E-state index is -2.49. The lowest BCUT2D eigenvalue weighted by molar-refractivity contribution is -0.152. The second-order valence-electron chi connectivity index (χ2n) is 1.66. The fourth-order valence-corrected chi connectivity index (χ4v) is 0.0676.